The van der Waals surface area contributed by atoms with Gasteiger partial charge in [0.05, 0.1) is 0 Å². The van der Waals surface area contributed by atoms with E-state index in [1.165, 1.54) is 16.9 Å². The second-order valence-corrected chi connectivity index (χ2v) is 5.90. The zero-order valence-electron chi connectivity index (χ0n) is 11.8. The maximum Gasteiger partial charge on any atom is 0.229 e. The lowest BCUT2D eigenvalue weighted by Gasteiger charge is -2.07. The highest BCUT2D eigenvalue weighted by atomic mass is 32.1. The first-order chi connectivity index (χ1) is 9.69. The predicted octanol–water partition coefficient (Wildman–Crippen LogP) is 3.50. The van der Waals surface area contributed by atoms with Gasteiger partial charge in [0.15, 0.2) is 0 Å². The standard InChI is InChI=1S/C15H19N3OS/c1-3-7-11(2)14(19)16-15-18-17-13(20-15)10-12-8-5-4-6-9-12/h4-6,8-9,11H,3,7,10H2,1-2H3,(H,16,18,19). The fraction of sp³-hybridized carbons (Fsp3) is 0.400. The van der Waals surface area contributed by atoms with Crippen molar-refractivity contribution >= 4 is 22.4 Å². The van der Waals surface area contributed by atoms with Crippen LogP contribution in [0, 0.1) is 5.92 Å². The van der Waals surface area contributed by atoms with Gasteiger partial charge < -0.3 is 5.32 Å². The van der Waals surface area contributed by atoms with Gasteiger partial charge in [-0.1, -0.05) is 61.9 Å². The summed E-state index contributed by atoms with van der Waals surface area (Å²) in [5.41, 5.74) is 1.20. The maximum atomic E-state index is 11.9. The minimum Gasteiger partial charge on any atom is -0.300 e. The molecular weight excluding hydrogens is 270 g/mol. The van der Waals surface area contributed by atoms with E-state index in [0.717, 1.165) is 24.3 Å². The monoisotopic (exact) mass is 289 g/mol. The lowest BCUT2D eigenvalue weighted by atomic mass is 10.1. The van der Waals surface area contributed by atoms with E-state index in [1.807, 2.05) is 25.1 Å². The Bertz CT molecular complexity index is 553. The fourth-order valence-electron chi connectivity index (χ4n) is 1.94. The van der Waals surface area contributed by atoms with Gasteiger partial charge in [0.1, 0.15) is 5.01 Å². The van der Waals surface area contributed by atoms with Crippen LogP contribution in [0.3, 0.4) is 0 Å². The van der Waals surface area contributed by atoms with Gasteiger partial charge in [0, 0.05) is 12.3 Å². The van der Waals surface area contributed by atoms with E-state index in [-0.39, 0.29) is 11.8 Å². The summed E-state index contributed by atoms with van der Waals surface area (Å²) in [5, 5.41) is 12.5. The Morgan fingerprint density at radius 2 is 2.05 bits per heavy atom. The number of hydrogen-bond donors (Lipinski definition) is 1. The first-order valence-corrected chi connectivity index (χ1v) is 7.68. The first-order valence-electron chi connectivity index (χ1n) is 6.86. The molecule has 0 aliphatic carbocycles. The van der Waals surface area contributed by atoms with Crippen molar-refractivity contribution in [3.05, 3.63) is 40.9 Å². The number of hydrogen-bond acceptors (Lipinski definition) is 4. The summed E-state index contributed by atoms with van der Waals surface area (Å²) in [6, 6.07) is 10.1. The van der Waals surface area contributed by atoms with Crippen LogP contribution in [0.15, 0.2) is 30.3 Å². The topological polar surface area (TPSA) is 54.9 Å². The number of benzene rings is 1. The van der Waals surface area contributed by atoms with E-state index in [4.69, 9.17) is 0 Å². The summed E-state index contributed by atoms with van der Waals surface area (Å²) in [6.07, 6.45) is 2.64. The molecule has 0 bridgehead atoms. The molecule has 20 heavy (non-hydrogen) atoms. The first kappa shape index (κ1) is 14.7. The molecule has 0 radical (unpaired) electrons. The third-order valence-corrected chi connectivity index (χ3v) is 3.90. The molecule has 2 aromatic rings. The number of anilines is 1. The van der Waals surface area contributed by atoms with E-state index < -0.39 is 0 Å². The van der Waals surface area contributed by atoms with Gasteiger partial charge in [0.25, 0.3) is 0 Å². The summed E-state index contributed by atoms with van der Waals surface area (Å²) in [6.45, 7) is 4.01. The largest absolute Gasteiger partial charge is 0.300 e. The fourth-order valence-corrected chi connectivity index (χ4v) is 2.72. The third kappa shape index (κ3) is 4.13. The highest BCUT2D eigenvalue weighted by Gasteiger charge is 2.14. The molecule has 1 heterocycles. The average Bonchev–Trinajstić information content (AvgIpc) is 2.87. The van der Waals surface area contributed by atoms with Crippen LogP contribution in [-0.2, 0) is 11.2 Å². The summed E-state index contributed by atoms with van der Waals surface area (Å²) in [5.74, 6) is 0.0377. The van der Waals surface area contributed by atoms with Crippen molar-refractivity contribution in [1.29, 1.82) is 0 Å². The van der Waals surface area contributed by atoms with E-state index in [0.29, 0.717) is 5.13 Å². The van der Waals surface area contributed by atoms with Gasteiger partial charge in [-0.15, -0.1) is 10.2 Å². The van der Waals surface area contributed by atoms with E-state index in [2.05, 4.69) is 34.6 Å². The molecule has 1 aromatic carbocycles. The van der Waals surface area contributed by atoms with Gasteiger partial charge in [-0.05, 0) is 12.0 Å². The van der Waals surface area contributed by atoms with Gasteiger partial charge >= 0.3 is 0 Å². The van der Waals surface area contributed by atoms with E-state index >= 15 is 0 Å². The molecule has 106 valence electrons. The summed E-state index contributed by atoms with van der Waals surface area (Å²) in [4.78, 5) is 11.9. The molecule has 0 saturated heterocycles. The van der Waals surface area contributed by atoms with Crippen LogP contribution in [-0.4, -0.2) is 16.1 Å². The van der Waals surface area contributed by atoms with Crippen molar-refractivity contribution < 1.29 is 4.79 Å². The quantitative estimate of drug-likeness (QED) is 0.885. The minimum absolute atomic E-state index is 0.0153. The van der Waals surface area contributed by atoms with Crippen LogP contribution in [0.4, 0.5) is 5.13 Å². The van der Waals surface area contributed by atoms with Gasteiger partial charge in [-0.2, -0.15) is 0 Å². The second-order valence-electron chi connectivity index (χ2n) is 4.84. The van der Waals surface area contributed by atoms with Crippen LogP contribution in [0.25, 0.3) is 0 Å². The molecule has 1 amide bonds. The van der Waals surface area contributed by atoms with Gasteiger partial charge in [0.2, 0.25) is 11.0 Å². The number of nitrogens with one attached hydrogen (secondary N) is 1. The number of nitrogens with zero attached hydrogens (tertiary/aromatic N) is 2. The SMILES string of the molecule is CCCC(C)C(=O)Nc1nnc(Cc2ccccc2)s1. The number of carbonyl (C=O) groups is 1. The second kappa shape index (κ2) is 7.14. The van der Waals surface area contributed by atoms with Crippen LogP contribution in [0.1, 0.15) is 37.3 Å². The Morgan fingerprint density at radius 3 is 2.75 bits per heavy atom. The molecule has 4 nitrogen and oxygen atoms in total. The van der Waals surface area contributed by atoms with Gasteiger partial charge in [-0.3, -0.25) is 4.79 Å². The normalized spacial score (nSPS) is 12.1. The van der Waals surface area contributed by atoms with Crippen LogP contribution >= 0.6 is 11.3 Å². The molecule has 0 fully saturated rings. The summed E-state index contributed by atoms with van der Waals surface area (Å²) in [7, 11) is 0. The molecule has 0 spiro atoms. The van der Waals surface area contributed by atoms with E-state index in [1.54, 1.807) is 0 Å². The van der Waals surface area contributed by atoms with Crippen molar-refractivity contribution in [2.75, 3.05) is 5.32 Å². The lowest BCUT2D eigenvalue weighted by Crippen LogP contribution is -2.20. The molecule has 0 aliphatic rings. The lowest BCUT2D eigenvalue weighted by molar-refractivity contribution is -0.119. The van der Waals surface area contributed by atoms with Crippen LogP contribution in [0.2, 0.25) is 0 Å². The summed E-state index contributed by atoms with van der Waals surface area (Å²) >= 11 is 1.44. The zero-order chi connectivity index (χ0) is 14.4. The highest BCUT2D eigenvalue weighted by Crippen LogP contribution is 2.19. The molecular formula is C15H19N3OS. The smallest absolute Gasteiger partial charge is 0.229 e. The Balaban J connectivity index is 1.94. The van der Waals surface area contributed by atoms with E-state index in [9.17, 15) is 4.79 Å². The van der Waals surface area contributed by atoms with Crippen molar-refractivity contribution in [3.8, 4) is 0 Å². The molecule has 1 aromatic heterocycles. The van der Waals surface area contributed by atoms with Gasteiger partial charge in [-0.25, -0.2) is 0 Å². The molecule has 0 aliphatic heterocycles. The number of aromatic nitrogens is 2. The third-order valence-electron chi connectivity index (χ3n) is 3.06. The van der Waals surface area contributed by atoms with Crippen molar-refractivity contribution in [2.24, 2.45) is 5.92 Å². The molecule has 1 atom stereocenters. The Labute approximate surface area is 123 Å². The zero-order valence-corrected chi connectivity index (χ0v) is 12.6. The summed E-state index contributed by atoms with van der Waals surface area (Å²) < 4.78 is 0. The van der Waals surface area contributed by atoms with Crippen molar-refractivity contribution in [2.45, 2.75) is 33.1 Å². The molecule has 2 rings (SSSR count). The number of carbonyl (C=O) groups excluding carboxylic acids is 1. The number of rotatable bonds is 6. The van der Waals surface area contributed by atoms with Crippen molar-refractivity contribution in [3.63, 3.8) is 0 Å². The molecule has 1 unspecified atom stereocenters. The van der Waals surface area contributed by atoms with Crippen LogP contribution < -0.4 is 5.32 Å². The Hall–Kier alpha value is -1.75. The Morgan fingerprint density at radius 1 is 1.30 bits per heavy atom. The number of amides is 1. The predicted molar refractivity (Wildman–Crippen MR) is 81.9 cm³/mol. The Kier molecular flexibility index (Phi) is 5.24. The molecule has 0 saturated carbocycles. The maximum absolute atomic E-state index is 11.9. The molecule has 5 heteroatoms. The average molecular weight is 289 g/mol. The highest BCUT2D eigenvalue weighted by molar-refractivity contribution is 7.15. The minimum atomic E-state index is 0.0153. The van der Waals surface area contributed by atoms with Crippen molar-refractivity contribution in [1.82, 2.24) is 10.2 Å². The van der Waals surface area contributed by atoms with Crippen LogP contribution in [0.5, 0.6) is 0 Å². The molecule has 1 N–H and O–H groups in total.